The molecule has 30 heavy (non-hydrogen) atoms. The van der Waals surface area contributed by atoms with E-state index in [2.05, 4.69) is 0 Å². The molecule has 1 aromatic carbocycles. The van der Waals surface area contributed by atoms with Crippen molar-refractivity contribution in [3.05, 3.63) is 57.4 Å². The summed E-state index contributed by atoms with van der Waals surface area (Å²) in [6.45, 7) is 3.66. The van der Waals surface area contributed by atoms with Gasteiger partial charge in [0.05, 0.1) is 22.5 Å². The lowest BCUT2D eigenvalue weighted by molar-refractivity contribution is -0.172. The van der Waals surface area contributed by atoms with E-state index in [1.807, 2.05) is 13.0 Å². The molecular weight excluding hydrogens is 388 g/mol. The van der Waals surface area contributed by atoms with Crippen molar-refractivity contribution < 1.29 is 24.5 Å². The molecule has 0 saturated carbocycles. The van der Waals surface area contributed by atoms with Crippen LogP contribution in [0.3, 0.4) is 0 Å². The maximum absolute atomic E-state index is 13.4. The third kappa shape index (κ3) is 2.37. The van der Waals surface area contributed by atoms with Gasteiger partial charge in [-0.15, -0.1) is 0 Å². The number of ether oxygens (including phenoxy) is 2. The first-order chi connectivity index (χ1) is 14.4. The molecule has 2 aliphatic rings. The van der Waals surface area contributed by atoms with Crippen LogP contribution in [-0.4, -0.2) is 32.3 Å². The van der Waals surface area contributed by atoms with Crippen LogP contribution in [0, 0.1) is 0 Å². The smallest absolute Gasteiger partial charge is 0.343 e. The highest BCUT2D eigenvalue weighted by Gasteiger charge is 2.46. The first-order valence-corrected chi connectivity index (χ1v) is 9.83. The van der Waals surface area contributed by atoms with Crippen LogP contribution in [0.5, 0.6) is 5.75 Å². The van der Waals surface area contributed by atoms with E-state index < -0.39 is 17.8 Å². The molecule has 1 unspecified atom stereocenters. The Labute approximate surface area is 171 Å². The fourth-order valence-electron chi connectivity index (χ4n) is 4.32. The maximum atomic E-state index is 13.4. The molecule has 8 nitrogen and oxygen atoms in total. The van der Waals surface area contributed by atoms with Crippen LogP contribution in [0.4, 0.5) is 0 Å². The van der Waals surface area contributed by atoms with Gasteiger partial charge in [-0.2, -0.15) is 0 Å². The summed E-state index contributed by atoms with van der Waals surface area (Å²) in [5, 5.41) is 21.5. The fourth-order valence-corrected chi connectivity index (χ4v) is 4.32. The lowest BCUT2D eigenvalue weighted by Gasteiger charge is -2.32. The van der Waals surface area contributed by atoms with Gasteiger partial charge >= 0.3 is 5.97 Å². The molecule has 0 radical (unpaired) electrons. The van der Waals surface area contributed by atoms with Crippen LogP contribution >= 0.6 is 0 Å². The molecule has 2 atom stereocenters. The van der Waals surface area contributed by atoms with Gasteiger partial charge in [-0.05, 0) is 43.7 Å². The molecule has 8 heteroatoms. The number of fused-ring (bicyclic) bond motifs is 5. The third-order valence-electron chi connectivity index (χ3n) is 5.88. The zero-order valence-corrected chi connectivity index (χ0v) is 16.5. The van der Waals surface area contributed by atoms with Crippen molar-refractivity contribution in [2.24, 2.45) is 0 Å². The van der Waals surface area contributed by atoms with Crippen LogP contribution in [0.1, 0.15) is 43.2 Å². The SMILES string of the molecule is CCOC1c2cc3cc(O)ccc3nc2-c2cc3c(c(=O)n21)COC(=O)[C@]3(O)CC. The topological polar surface area (TPSA) is 111 Å². The molecular formula is C22H20N2O6. The highest BCUT2D eigenvalue weighted by Crippen LogP contribution is 2.43. The predicted molar refractivity (Wildman–Crippen MR) is 107 cm³/mol. The number of aliphatic hydroxyl groups is 1. The molecule has 2 aromatic heterocycles. The standard InChI is InChI=1S/C22H20N2O6/c1-3-22(28)15-9-17-18-13(8-11-7-12(25)5-6-16(11)23-18)20(29-4-2)24(17)19(26)14(15)10-30-21(22)27/h5-9,20,25,28H,3-4,10H2,1-2H3/t20?,22-/m0/s1. The number of phenols is 1. The lowest BCUT2D eigenvalue weighted by atomic mass is 9.86. The van der Waals surface area contributed by atoms with Crippen LogP contribution < -0.4 is 5.56 Å². The fraction of sp³-hybridized carbons (Fsp3) is 0.318. The van der Waals surface area contributed by atoms with E-state index in [4.69, 9.17) is 14.5 Å². The summed E-state index contributed by atoms with van der Waals surface area (Å²) in [4.78, 5) is 30.4. The number of cyclic esters (lactones) is 1. The molecule has 154 valence electrons. The molecule has 0 saturated heterocycles. The minimum atomic E-state index is -1.88. The van der Waals surface area contributed by atoms with E-state index in [0.29, 0.717) is 34.5 Å². The first kappa shape index (κ1) is 18.8. The molecule has 0 fully saturated rings. The molecule has 0 bridgehead atoms. The minimum Gasteiger partial charge on any atom is -0.508 e. The number of aromatic hydroxyl groups is 1. The van der Waals surface area contributed by atoms with E-state index in [9.17, 15) is 19.8 Å². The zero-order valence-electron chi connectivity index (χ0n) is 16.5. The second-order valence-corrected chi connectivity index (χ2v) is 7.50. The molecule has 4 heterocycles. The number of pyridine rings is 2. The number of aromatic nitrogens is 2. The summed E-state index contributed by atoms with van der Waals surface area (Å²) in [6.07, 6.45) is -0.627. The summed E-state index contributed by atoms with van der Waals surface area (Å²) in [5.74, 6) is -0.646. The van der Waals surface area contributed by atoms with Crippen molar-refractivity contribution in [1.29, 1.82) is 0 Å². The number of carbonyl (C=O) groups excluding carboxylic acids is 1. The Hall–Kier alpha value is -3.23. The van der Waals surface area contributed by atoms with E-state index in [1.54, 1.807) is 31.2 Å². The third-order valence-corrected chi connectivity index (χ3v) is 5.88. The van der Waals surface area contributed by atoms with Crippen LogP contribution in [-0.2, 0) is 26.5 Å². The second kappa shape index (κ2) is 6.38. The van der Waals surface area contributed by atoms with Crippen molar-refractivity contribution in [3.8, 4) is 17.1 Å². The van der Waals surface area contributed by atoms with E-state index in [-0.39, 0.29) is 35.5 Å². The van der Waals surface area contributed by atoms with Crippen molar-refractivity contribution >= 4 is 16.9 Å². The van der Waals surface area contributed by atoms with Gasteiger partial charge in [0.25, 0.3) is 5.56 Å². The zero-order chi connectivity index (χ0) is 21.2. The van der Waals surface area contributed by atoms with Gasteiger partial charge < -0.3 is 19.7 Å². The Bertz CT molecular complexity index is 1280. The molecule has 0 spiro atoms. The summed E-state index contributed by atoms with van der Waals surface area (Å²) in [5.41, 5.74) is 0.579. The maximum Gasteiger partial charge on any atom is 0.343 e. The normalized spacial score (nSPS) is 21.8. The Morgan fingerprint density at radius 1 is 1.27 bits per heavy atom. The van der Waals surface area contributed by atoms with E-state index >= 15 is 0 Å². The summed E-state index contributed by atoms with van der Waals surface area (Å²) < 4.78 is 12.5. The monoisotopic (exact) mass is 408 g/mol. The summed E-state index contributed by atoms with van der Waals surface area (Å²) in [6, 6.07) is 8.33. The van der Waals surface area contributed by atoms with Crippen LogP contribution in [0.15, 0.2) is 35.1 Å². The van der Waals surface area contributed by atoms with Crippen LogP contribution in [0.2, 0.25) is 0 Å². The van der Waals surface area contributed by atoms with E-state index in [1.165, 1.54) is 4.57 Å². The molecule has 0 amide bonds. The number of phenolic OH excluding ortho intramolecular Hbond substituents is 1. The summed E-state index contributed by atoms with van der Waals surface area (Å²) >= 11 is 0. The van der Waals surface area contributed by atoms with Gasteiger partial charge in [-0.1, -0.05) is 6.92 Å². The number of benzene rings is 1. The average Bonchev–Trinajstić information content (AvgIpc) is 3.03. The van der Waals surface area contributed by atoms with Crippen molar-refractivity contribution in [3.63, 3.8) is 0 Å². The highest BCUT2D eigenvalue weighted by molar-refractivity contribution is 5.87. The molecule has 2 N–H and O–H groups in total. The Morgan fingerprint density at radius 3 is 2.80 bits per heavy atom. The van der Waals surface area contributed by atoms with Gasteiger partial charge in [-0.25, -0.2) is 9.78 Å². The van der Waals surface area contributed by atoms with Crippen molar-refractivity contribution in [1.82, 2.24) is 9.55 Å². The van der Waals surface area contributed by atoms with Gasteiger partial charge in [-0.3, -0.25) is 9.36 Å². The summed E-state index contributed by atoms with van der Waals surface area (Å²) in [7, 11) is 0. The van der Waals surface area contributed by atoms with Crippen LogP contribution in [0.25, 0.3) is 22.3 Å². The number of esters is 1. The van der Waals surface area contributed by atoms with Crippen molar-refractivity contribution in [2.75, 3.05) is 6.61 Å². The largest absolute Gasteiger partial charge is 0.508 e. The quantitative estimate of drug-likeness (QED) is 0.640. The number of hydrogen-bond acceptors (Lipinski definition) is 7. The number of carbonyl (C=O) groups is 1. The number of hydrogen-bond donors (Lipinski definition) is 2. The molecule has 5 rings (SSSR count). The first-order valence-electron chi connectivity index (χ1n) is 9.83. The predicted octanol–water partition coefficient (Wildman–Crippen LogP) is 2.32. The Kier molecular flexibility index (Phi) is 4.00. The van der Waals surface area contributed by atoms with E-state index in [0.717, 1.165) is 0 Å². The van der Waals surface area contributed by atoms with Gasteiger partial charge in [0.2, 0.25) is 0 Å². The lowest BCUT2D eigenvalue weighted by Crippen LogP contribution is -2.44. The molecule has 2 aliphatic heterocycles. The number of nitrogens with zero attached hydrogens (tertiary/aromatic N) is 2. The average molecular weight is 408 g/mol. The van der Waals surface area contributed by atoms with Crippen molar-refractivity contribution in [2.45, 2.75) is 38.7 Å². The number of rotatable bonds is 3. The Morgan fingerprint density at radius 2 is 2.07 bits per heavy atom. The molecule has 0 aliphatic carbocycles. The van der Waals surface area contributed by atoms with Gasteiger partial charge in [0, 0.05) is 23.1 Å². The highest BCUT2D eigenvalue weighted by atomic mass is 16.6. The molecule has 3 aromatic rings. The second-order valence-electron chi connectivity index (χ2n) is 7.50. The van der Waals surface area contributed by atoms with Gasteiger partial charge in [0.15, 0.2) is 11.8 Å². The minimum absolute atomic E-state index is 0.0773. The Balaban J connectivity index is 1.84. The van der Waals surface area contributed by atoms with Gasteiger partial charge in [0.1, 0.15) is 12.4 Å².